The first-order valence-corrected chi connectivity index (χ1v) is 6.39. The standard InChI is InChI=1S/C11H15NO2S/c13-12(14)10-7-8-15-11(10)9-5-3-1-2-4-6-9/h7-9H,1-6H2. The van der Waals surface area contributed by atoms with Gasteiger partial charge in [0.25, 0.3) is 5.69 Å². The lowest BCUT2D eigenvalue weighted by molar-refractivity contribution is -0.385. The minimum absolute atomic E-state index is 0.239. The molecule has 3 nitrogen and oxygen atoms in total. The molecule has 0 aliphatic heterocycles. The summed E-state index contributed by atoms with van der Waals surface area (Å²) in [4.78, 5) is 11.6. The van der Waals surface area contributed by atoms with E-state index in [1.807, 2.05) is 5.38 Å². The van der Waals surface area contributed by atoms with Crippen molar-refractivity contribution >= 4 is 17.0 Å². The second-order valence-electron chi connectivity index (χ2n) is 4.12. The average Bonchev–Trinajstić information content (AvgIpc) is 2.55. The first-order valence-electron chi connectivity index (χ1n) is 5.51. The molecule has 4 heteroatoms. The van der Waals surface area contributed by atoms with E-state index in [1.54, 1.807) is 17.4 Å². The van der Waals surface area contributed by atoms with Gasteiger partial charge in [0.15, 0.2) is 0 Å². The Morgan fingerprint density at radius 2 is 1.93 bits per heavy atom. The minimum atomic E-state index is -0.239. The molecule has 0 atom stereocenters. The summed E-state index contributed by atoms with van der Waals surface area (Å²) < 4.78 is 0. The molecule has 0 aromatic carbocycles. The zero-order chi connectivity index (χ0) is 10.7. The SMILES string of the molecule is O=[N+]([O-])c1ccsc1C1CCCCCC1. The highest BCUT2D eigenvalue weighted by Crippen LogP contribution is 2.39. The van der Waals surface area contributed by atoms with Crippen LogP contribution in [0.1, 0.15) is 49.3 Å². The zero-order valence-corrected chi connectivity index (χ0v) is 9.46. The summed E-state index contributed by atoms with van der Waals surface area (Å²) in [6.07, 6.45) is 7.27. The lowest BCUT2D eigenvalue weighted by Gasteiger charge is -2.10. The summed E-state index contributed by atoms with van der Waals surface area (Å²) in [5.41, 5.74) is 0.340. The molecule has 0 unspecified atom stereocenters. The Bertz CT molecular complexity index is 340. The Morgan fingerprint density at radius 1 is 1.27 bits per heavy atom. The van der Waals surface area contributed by atoms with Crippen molar-refractivity contribution in [1.29, 1.82) is 0 Å². The predicted octanol–water partition coefficient (Wildman–Crippen LogP) is 4.09. The minimum Gasteiger partial charge on any atom is -0.258 e. The van der Waals surface area contributed by atoms with Crippen LogP contribution in [0.5, 0.6) is 0 Å². The fourth-order valence-electron chi connectivity index (χ4n) is 2.31. The van der Waals surface area contributed by atoms with E-state index >= 15 is 0 Å². The molecule has 1 saturated carbocycles. The third-order valence-electron chi connectivity index (χ3n) is 3.10. The van der Waals surface area contributed by atoms with Gasteiger partial charge in [-0.3, -0.25) is 10.1 Å². The molecule has 1 heterocycles. The first kappa shape index (κ1) is 10.6. The maximum atomic E-state index is 10.8. The summed E-state index contributed by atoms with van der Waals surface area (Å²) in [5, 5.41) is 12.7. The number of rotatable bonds is 2. The van der Waals surface area contributed by atoms with Crippen molar-refractivity contribution < 1.29 is 4.92 Å². The van der Waals surface area contributed by atoms with Gasteiger partial charge in [-0.05, 0) is 18.2 Å². The fourth-order valence-corrected chi connectivity index (χ4v) is 3.35. The normalized spacial score (nSPS) is 18.7. The molecule has 15 heavy (non-hydrogen) atoms. The monoisotopic (exact) mass is 225 g/mol. The third kappa shape index (κ3) is 2.37. The van der Waals surface area contributed by atoms with Crippen molar-refractivity contribution in [3.63, 3.8) is 0 Å². The van der Waals surface area contributed by atoms with Gasteiger partial charge >= 0.3 is 0 Å². The highest BCUT2D eigenvalue weighted by atomic mass is 32.1. The van der Waals surface area contributed by atoms with E-state index < -0.39 is 0 Å². The van der Waals surface area contributed by atoms with Gasteiger partial charge in [0.05, 0.1) is 9.80 Å². The number of hydrogen-bond donors (Lipinski definition) is 0. The van der Waals surface area contributed by atoms with E-state index in [0.717, 1.165) is 17.7 Å². The molecule has 0 N–H and O–H groups in total. The van der Waals surface area contributed by atoms with Gasteiger partial charge in [0.1, 0.15) is 0 Å². The van der Waals surface area contributed by atoms with Crippen molar-refractivity contribution in [3.05, 3.63) is 26.4 Å². The second-order valence-corrected chi connectivity index (χ2v) is 5.06. The van der Waals surface area contributed by atoms with Crippen molar-refractivity contribution in [3.8, 4) is 0 Å². The van der Waals surface area contributed by atoms with E-state index in [0.29, 0.717) is 11.6 Å². The van der Waals surface area contributed by atoms with Gasteiger partial charge in [-0.2, -0.15) is 0 Å². The van der Waals surface area contributed by atoms with Gasteiger partial charge in [0, 0.05) is 12.0 Å². The Morgan fingerprint density at radius 3 is 2.53 bits per heavy atom. The lowest BCUT2D eigenvalue weighted by Crippen LogP contribution is -1.98. The van der Waals surface area contributed by atoms with Crippen LogP contribution in [-0.2, 0) is 0 Å². The predicted molar refractivity (Wildman–Crippen MR) is 61.4 cm³/mol. The van der Waals surface area contributed by atoms with Crippen molar-refractivity contribution in [2.24, 2.45) is 0 Å². The summed E-state index contributed by atoms with van der Waals surface area (Å²) in [5.74, 6) is 0.438. The molecule has 82 valence electrons. The molecular formula is C11H15NO2S. The van der Waals surface area contributed by atoms with E-state index in [-0.39, 0.29) is 4.92 Å². The molecular weight excluding hydrogens is 210 g/mol. The average molecular weight is 225 g/mol. The quantitative estimate of drug-likeness (QED) is 0.432. The topological polar surface area (TPSA) is 43.1 Å². The fraction of sp³-hybridized carbons (Fsp3) is 0.636. The van der Waals surface area contributed by atoms with Crippen LogP contribution in [0.2, 0.25) is 0 Å². The van der Waals surface area contributed by atoms with Crippen LogP contribution in [0.15, 0.2) is 11.4 Å². The summed E-state index contributed by atoms with van der Waals surface area (Å²) >= 11 is 1.55. The smallest absolute Gasteiger partial charge is 0.258 e. The van der Waals surface area contributed by atoms with E-state index in [9.17, 15) is 10.1 Å². The van der Waals surface area contributed by atoms with Crippen LogP contribution in [0.25, 0.3) is 0 Å². The number of nitro groups is 1. The Balaban J connectivity index is 2.19. The van der Waals surface area contributed by atoms with E-state index in [1.165, 1.54) is 25.7 Å². The highest BCUT2D eigenvalue weighted by Gasteiger charge is 2.24. The van der Waals surface area contributed by atoms with Crippen LogP contribution in [-0.4, -0.2) is 4.92 Å². The van der Waals surface area contributed by atoms with Crippen molar-refractivity contribution in [1.82, 2.24) is 0 Å². The molecule has 0 bridgehead atoms. The lowest BCUT2D eigenvalue weighted by atomic mass is 9.98. The van der Waals surface area contributed by atoms with Crippen LogP contribution in [0.3, 0.4) is 0 Å². The molecule has 2 rings (SSSR count). The molecule has 1 fully saturated rings. The third-order valence-corrected chi connectivity index (χ3v) is 4.16. The summed E-state index contributed by atoms with van der Waals surface area (Å²) in [6, 6.07) is 1.64. The largest absolute Gasteiger partial charge is 0.283 e. The summed E-state index contributed by atoms with van der Waals surface area (Å²) in [7, 11) is 0. The van der Waals surface area contributed by atoms with Gasteiger partial charge < -0.3 is 0 Å². The number of nitrogens with zero attached hydrogens (tertiary/aromatic N) is 1. The first-order chi connectivity index (χ1) is 7.29. The van der Waals surface area contributed by atoms with E-state index in [2.05, 4.69) is 0 Å². The van der Waals surface area contributed by atoms with Gasteiger partial charge in [-0.15, -0.1) is 11.3 Å². The Kier molecular flexibility index (Phi) is 3.36. The van der Waals surface area contributed by atoms with Crippen molar-refractivity contribution in [2.75, 3.05) is 0 Å². The number of thiophene rings is 1. The second kappa shape index (κ2) is 4.75. The molecule has 1 aliphatic carbocycles. The van der Waals surface area contributed by atoms with Crippen LogP contribution < -0.4 is 0 Å². The molecule has 0 spiro atoms. The maximum absolute atomic E-state index is 10.8. The molecule has 1 aromatic rings. The van der Waals surface area contributed by atoms with Gasteiger partial charge in [-0.25, -0.2) is 0 Å². The summed E-state index contributed by atoms with van der Waals surface area (Å²) in [6.45, 7) is 0. The highest BCUT2D eigenvalue weighted by molar-refractivity contribution is 7.10. The number of hydrogen-bond acceptors (Lipinski definition) is 3. The van der Waals surface area contributed by atoms with E-state index in [4.69, 9.17) is 0 Å². The zero-order valence-electron chi connectivity index (χ0n) is 8.65. The maximum Gasteiger partial charge on any atom is 0.283 e. The molecule has 1 aliphatic rings. The van der Waals surface area contributed by atoms with Crippen LogP contribution in [0.4, 0.5) is 5.69 Å². The molecule has 1 aromatic heterocycles. The van der Waals surface area contributed by atoms with Gasteiger partial charge in [0.2, 0.25) is 0 Å². The Hall–Kier alpha value is -0.900. The molecule has 0 amide bonds. The van der Waals surface area contributed by atoms with Crippen LogP contribution >= 0.6 is 11.3 Å². The van der Waals surface area contributed by atoms with Gasteiger partial charge in [-0.1, -0.05) is 25.7 Å². The molecule has 0 saturated heterocycles. The van der Waals surface area contributed by atoms with Crippen LogP contribution in [0, 0.1) is 10.1 Å². The van der Waals surface area contributed by atoms with Crippen molar-refractivity contribution in [2.45, 2.75) is 44.4 Å². The Labute approximate surface area is 93.3 Å². The molecule has 0 radical (unpaired) electrons.